The van der Waals surface area contributed by atoms with E-state index in [9.17, 15) is 19.7 Å². The summed E-state index contributed by atoms with van der Waals surface area (Å²) in [6, 6.07) is 16.5. The van der Waals surface area contributed by atoms with Gasteiger partial charge >= 0.3 is 5.97 Å². The number of hydrogen-bond donors (Lipinski definition) is 1. The number of nitrogens with zero attached hydrogens (tertiary/aromatic N) is 2. The van der Waals surface area contributed by atoms with Gasteiger partial charge in [0.1, 0.15) is 5.75 Å². The van der Waals surface area contributed by atoms with Gasteiger partial charge in [0.15, 0.2) is 0 Å². The van der Waals surface area contributed by atoms with E-state index in [0.717, 1.165) is 10.7 Å². The number of nitrogens with one attached hydrogen (secondary N) is 1. The van der Waals surface area contributed by atoms with Crippen LogP contribution in [-0.2, 0) is 0 Å². The van der Waals surface area contributed by atoms with Gasteiger partial charge < -0.3 is 4.74 Å². The highest BCUT2D eigenvalue weighted by atomic mass is 79.9. The minimum atomic E-state index is -0.743. The Bertz CT molecular complexity index is 1180. The minimum absolute atomic E-state index is 0.0113. The zero-order valence-electron chi connectivity index (χ0n) is 15.6. The van der Waals surface area contributed by atoms with E-state index in [4.69, 9.17) is 16.3 Å². The van der Waals surface area contributed by atoms with Crippen LogP contribution in [0.2, 0.25) is 5.02 Å². The highest BCUT2D eigenvalue weighted by Crippen LogP contribution is 2.25. The van der Waals surface area contributed by atoms with Gasteiger partial charge in [0.25, 0.3) is 11.6 Å². The Balaban J connectivity index is 1.82. The van der Waals surface area contributed by atoms with Crippen molar-refractivity contribution in [3.05, 3.63) is 103 Å². The second-order valence-electron chi connectivity index (χ2n) is 6.05. The molecule has 156 valence electrons. The molecule has 0 spiro atoms. The molecule has 3 aromatic carbocycles. The van der Waals surface area contributed by atoms with Crippen molar-refractivity contribution in [3.63, 3.8) is 0 Å². The number of nitro benzene ring substituents is 1. The van der Waals surface area contributed by atoms with Crippen molar-refractivity contribution in [1.82, 2.24) is 5.43 Å². The molecule has 0 aliphatic heterocycles. The van der Waals surface area contributed by atoms with Gasteiger partial charge in [-0.05, 0) is 42.5 Å². The highest BCUT2D eigenvalue weighted by molar-refractivity contribution is 9.10. The third-order valence-corrected chi connectivity index (χ3v) is 4.84. The van der Waals surface area contributed by atoms with E-state index >= 15 is 0 Å². The monoisotopic (exact) mass is 501 g/mol. The Morgan fingerprint density at radius 3 is 2.48 bits per heavy atom. The summed E-state index contributed by atoms with van der Waals surface area (Å²) in [6.07, 6.45) is 1.15. The Hall–Kier alpha value is -3.56. The Labute approximate surface area is 189 Å². The molecule has 8 nitrogen and oxygen atoms in total. The Morgan fingerprint density at radius 1 is 1.10 bits per heavy atom. The lowest BCUT2D eigenvalue weighted by atomic mass is 10.2. The van der Waals surface area contributed by atoms with E-state index in [2.05, 4.69) is 26.5 Å². The Kier molecular flexibility index (Phi) is 7.11. The largest absolute Gasteiger partial charge is 0.422 e. The van der Waals surface area contributed by atoms with Gasteiger partial charge in [-0.25, -0.2) is 10.2 Å². The van der Waals surface area contributed by atoms with Crippen molar-refractivity contribution in [2.45, 2.75) is 0 Å². The van der Waals surface area contributed by atoms with Gasteiger partial charge in [-0.3, -0.25) is 14.9 Å². The zero-order valence-corrected chi connectivity index (χ0v) is 18.0. The van der Waals surface area contributed by atoms with Crippen LogP contribution in [0.25, 0.3) is 0 Å². The van der Waals surface area contributed by atoms with Crippen LogP contribution in [0.3, 0.4) is 0 Å². The molecule has 31 heavy (non-hydrogen) atoms. The van der Waals surface area contributed by atoms with Gasteiger partial charge in [-0.1, -0.05) is 39.7 Å². The third kappa shape index (κ3) is 5.74. The molecule has 0 unspecified atom stereocenters. The third-order valence-electron chi connectivity index (χ3n) is 3.98. The molecule has 10 heteroatoms. The summed E-state index contributed by atoms with van der Waals surface area (Å²) < 4.78 is 6.16. The van der Waals surface area contributed by atoms with E-state index in [1.54, 1.807) is 36.4 Å². The molecule has 0 fully saturated rings. The lowest BCUT2D eigenvalue weighted by Gasteiger charge is -2.08. The smallest absolute Gasteiger partial charge is 0.345 e. The molecule has 0 saturated carbocycles. The SMILES string of the molecule is O=C(N/N=C/c1cc([N+](=O)[O-])ccc1OC(=O)c1ccccc1Cl)c1ccc(Br)cc1. The molecule has 3 rings (SSSR count). The fraction of sp³-hybridized carbons (Fsp3) is 0. The summed E-state index contributed by atoms with van der Waals surface area (Å²) in [4.78, 5) is 35.1. The van der Waals surface area contributed by atoms with Crippen LogP contribution >= 0.6 is 27.5 Å². The predicted molar refractivity (Wildman–Crippen MR) is 119 cm³/mol. The number of ether oxygens (including phenoxy) is 1. The topological polar surface area (TPSA) is 111 Å². The van der Waals surface area contributed by atoms with Crippen LogP contribution in [-0.4, -0.2) is 23.0 Å². The lowest BCUT2D eigenvalue weighted by molar-refractivity contribution is -0.384. The first-order valence-electron chi connectivity index (χ1n) is 8.69. The second-order valence-corrected chi connectivity index (χ2v) is 7.38. The van der Waals surface area contributed by atoms with Gasteiger partial charge in [0.05, 0.1) is 21.7 Å². The van der Waals surface area contributed by atoms with Crippen molar-refractivity contribution in [3.8, 4) is 5.75 Å². The molecule has 0 heterocycles. The number of rotatable bonds is 6. The first kappa shape index (κ1) is 22.1. The molecule has 3 aromatic rings. The number of carbonyl (C=O) groups excluding carboxylic acids is 2. The van der Waals surface area contributed by atoms with Gasteiger partial charge in [-0.2, -0.15) is 5.10 Å². The summed E-state index contributed by atoms with van der Waals surface area (Å²) in [5, 5.41) is 15.1. The maximum Gasteiger partial charge on any atom is 0.345 e. The highest BCUT2D eigenvalue weighted by Gasteiger charge is 2.17. The standard InChI is InChI=1S/C21H13BrClN3O5/c22-15-7-5-13(6-8-15)20(27)25-24-12-14-11-16(26(29)30)9-10-19(14)31-21(28)17-3-1-2-4-18(17)23/h1-12H,(H,25,27)/b24-12+. The Morgan fingerprint density at radius 2 is 1.81 bits per heavy atom. The number of nitro groups is 1. The number of amides is 1. The van der Waals surface area contributed by atoms with Crippen molar-refractivity contribution < 1.29 is 19.2 Å². The van der Waals surface area contributed by atoms with Crippen molar-refractivity contribution >= 4 is 51.3 Å². The molecule has 0 aliphatic rings. The van der Waals surface area contributed by atoms with Gasteiger partial charge in [0, 0.05) is 27.7 Å². The summed E-state index contributed by atoms with van der Waals surface area (Å²) >= 11 is 9.29. The molecule has 0 radical (unpaired) electrons. The maximum absolute atomic E-state index is 12.4. The first-order chi connectivity index (χ1) is 14.8. The summed E-state index contributed by atoms with van der Waals surface area (Å²) in [7, 11) is 0. The van der Waals surface area contributed by atoms with Crippen LogP contribution < -0.4 is 10.2 Å². The summed E-state index contributed by atoms with van der Waals surface area (Å²) in [5.74, 6) is -1.21. The number of hydrazone groups is 1. The van der Waals surface area contributed by atoms with Crippen LogP contribution in [0.5, 0.6) is 5.75 Å². The van der Waals surface area contributed by atoms with Crippen LogP contribution in [0.4, 0.5) is 5.69 Å². The second kappa shape index (κ2) is 9.96. The first-order valence-corrected chi connectivity index (χ1v) is 9.86. The maximum atomic E-state index is 12.4. The molecule has 0 bridgehead atoms. The van der Waals surface area contributed by atoms with Crippen molar-refractivity contribution in [1.29, 1.82) is 0 Å². The lowest BCUT2D eigenvalue weighted by Crippen LogP contribution is -2.17. The zero-order chi connectivity index (χ0) is 22.4. The number of esters is 1. The molecular weight excluding hydrogens is 490 g/mol. The van der Waals surface area contributed by atoms with E-state index in [0.29, 0.717) is 5.56 Å². The van der Waals surface area contributed by atoms with Gasteiger partial charge in [-0.15, -0.1) is 0 Å². The van der Waals surface area contributed by atoms with E-state index in [1.165, 1.54) is 30.3 Å². The van der Waals surface area contributed by atoms with Crippen molar-refractivity contribution in [2.24, 2.45) is 5.10 Å². The molecule has 1 amide bonds. The van der Waals surface area contributed by atoms with E-state index < -0.39 is 16.8 Å². The fourth-order valence-electron chi connectivity index (χ4n) is 2.45. The van der Waals surface area contributed by atoms with Gasteiger partial charge in [0.2, 0.25) is 0 Å². The molecule has 0 aromatic heterocycles. The average molecular weight is 503 g/mol. The average Bonchev–Trinajstić information content (AvgIpc) is 2.75. The number of carbonyl (C=O) groups is 2. The fourth-order valence-corrected chi connectivity index (χ4v) is 2.93. The number of halogens is 2. The van der Waals surface area contributed by atoms with Crippen LogP contribution in [0, 0.1) is 10.1 Å². The van der Waals surface area contributed by atoms with E-state index in [-0.39, 0.29) is 27.6 Å². The summed E-state index contributed by atoms with van der Waals surface area (Å²) in [6.45, 7) is 0. The predicted octanol–water partition coefficient (Wildman–Crippen LogP) is 4.99. The van der Waals surface area contributed by atoms with Crippen LogP contribution in [0.1, 0.15) is 26.3 Å². The quantitative estimate of drug-likeness (QED) is 0.168. The number of non-ortho nitro benzene ring substituents is 1. The number of hydrogen-bond acceptors (Lipinski definition) is 6. The summed E-state index contributed by atoms with van der Waals surface area (Å²) in [5.41, 5.74) is 2.70. The molecule has 0 saturated heterocycles. The molecule has 0 atom stereocenters. The van der Waals surface area contributed by atoms with Crippen LogP contribution in [0.15, 0.2) is 76.3 Å². The van der Waals surface area contributed by atoms with E-state index in [1.807, 2.05) is 0 Å². The molecule has 0 aliphatic carbocycles. The minimum Gasteiger partial charge on any atom is -0.422 e. The van der Waals surface area contributed by atoms with Crippen molar-refractivity contribution in [2.75, 3.05) is 0 Å². The molecular formula is C21H13BrClN3O5. The molecule has 1 N–H and O–H groups in total. The number of benzene rings is 3. The normalized spacial score (nSPS) is 10.6.